The van der Waals surface area contributed by atoms with E-state index in [2.05, 4.69) is 25.6 Å². The maximum Gasteiger partial charge on any atom is 0.415 e. The second-order valence-corrected chi connectivity index (χ2v) is 14.5. The van der Waals surface area contributed by atoms with Crippen molar-refractivity contribution < 1.29 is 19.1 Å². The van der Waals surface area contributed by atoms with Crippen molar-refractivity contribution in [1.82, 2.24) is 0 Å². The van der Waals surface area contributed by atoms with E-state index in [9.17, 15) is 9.59 Å². The van der Waals surface area contributed by atoms with Crippen LogP contribution in [0.25, 0.3) is 0 Å². The van der Waals surface area contributed by atoms with Gasteiger partial charge in [-0.15, -0.1) is 6.42 Å². The maximum atomic E-state index is 13.0. The standard InChI is InChI=1S/C21H25NO4Si/c1-5-17-20-12-8-11-18(23)21(20,26-20)15-9-6-7-10-16(15)22(17)19(24)25-13-14-27(2,3)4/h1,6-7,9-10,17H,8,11-14H2,2-4H3/t17-,20-,21-/m0/s1. The molecule has 3 aliphatic rings. The Hall–Kier alpha value is -2.10. The minimum Gasteiger partial charge on any atom is -0.449 e. The van der Waals surface area contributed by atoms with Gasteiger partial charge in [-0.25, -0.2) is 4.79 Å². The lowest BCUT2D eigenvalue weighted by Crippen LogP contribution is -2.57. The summed E-state index contributed by atoms with van der Waals surface area (Å²) in [6.45, 7) is 7.09. The molecule has 2 fully saturated rings. The first-order chi connectivity index (χ1) is 12.8. The zero-order valence-electron chi connectivity index (χ0n) is 16.1. The number of ketones is 1. The van der Waals surface area contributed by atoms with Crippen molar-refractivity contribution in [2.45, 2.75) is 62.2 Å². The minimum absolute atomic E-state index is 0.0631. The van der Waals surface area contributed by atoms with E-state index in [1.807, 2.05) is 24.3 Å². The van der Waals surface area contributed by atoms with Gasteiger partial charge in [0.25, 0.3) is 0 Å². The van der Waals surface area contributed by atoms with E-state index < -0.39 is 31.4 Å². The number of para-hydroxylation sites is 1. The van der Waals surface area contributed by atoms with Crippen LogP contribution in [-0.2, 0) is 19.9 Å². The summed E-state index contributed by atoms with van der Waals surface area (Å²) >= 11 is 0. The van der Waals surface area contributed by atoms with Crippen LogP contribution < -0.4 is 4.90 Å². The van der Waals surface area contributed by atoms with Gasteiger partial charge in [0.1, 0.15) is 11.6 Å². The number of amides is 1. The number of hydrogen-bond donors (Lipinski definition) is 0. The number of carbonyl (C=O) groups is 2. The molecule has 0 unspecified atom stereocenters. The van der Waals surface area contributed by atoms with Gasteiger partial charge in [-0.1, -0.05) is 43.8 Å². The highest BCUT2D eigenvalue weighted by Crippen LogP contribution is 2.68. The predicted octanol–water partition coefficient (Wildman–Crippen LogP) is 3.70. The smallest absolute Gasteiger partial charge is 0.415 e. The summed E-state index contributed by atoms with van der Waals surface area (Å²) in [5.74, 6) is 2.80. The Kier molecular flexibility index (Phi) is 4.02. The third-order valence-electron chi connectivity index (χ3n) is 5.91. The van der Waals surface area contributed by atoms with Gasteiger partial charge < -0.3 is 9.47 Å². The molecule has 0 spiro atoms. The lowest BCUT2D eigenvalue weighted by atomic mass is 9.68. The molecule has 142 valence electrons. The first-order valence-corrected chi connectivity index (χ1v) is 13.2. The normalized spacial score (nSPS) is 31.3. The molecule has 3 atom stereocenters. The molecule has 4 rings (SSSR count). The molecule has 1 amide bonds. The lowest BCUT2D eigenvalue weighted by molar-refractivity contribution is -0.125. The first kappa shape index (κ1) is 18.3. The number of Topliss-reactive ketones (excluding diaryl/α,β-unsaturated/α-hetero) is 1. The average Bonchev–Trinajstić information content (AvgIpc) is 3.32. The van der Waals surface area contributed by atoms with Crippen LogP contribution >= 0.6 is 0 Å². The molecule has 2 heterocycles. The Morgan fingerprint density at radius 1 is 1.41 bits per heavy atom. The van der Waals surface area contributed by atoms with E-state index in [4.69, 9.17) is 15.9 Å². The van der Waals surface area contributed by atoms with Crippen molar-refractivity contribution >= 4 is 25.6 Å². The third-order valence-corrected chi connectivity index (χ3v) is 7.61. The average molecular weight is 384 g/mol. The van der Waals surface area contributed by atoms with Crippen LogP contribution in [0.5, 0.6) is 0 Å². The highest BCUT2D eigenvalue weighted by molar-refractivity contribution is 6.76. The molecule has 0 radical (unpaired) electrons. The van der Waals surface area contributed by atoms with Crippen molar-refractivity contribution in [2.75, 3.05) is 11.5 Å². The van der Waals surface area contributed by atoms with Gasteiger partial charge in [0.15, 0.2) is 11.4 Å². The topological polar surface area (TPSA) is 59.1 Å². The van der Waals surface area contributed by atoms with Crippen LogP contribution in [0.1, 0.15) is 24.8 Å². The number of anilines is 1. The molecule has 0 aromatic heterocycles. The summed E-state index contributed by atoms with van der Waals surface area (Å²) in [4.78, 5) is 27.4. The largest absolute Gasteiger partial charge is 0.449 e. The van der Waals surface area contributed by atoms with E-state index >= 15 is 0 Å². The van der Waals surface area contributed by atoms with Crippen LogP contribution in [0.4, 0.5) is 10.5 Å². The molecule has 27 heavy (non-hydrogen) atoms. The van der Waals surface area contributed by atoms with Gasteiger partial charge in [0.2, 0.25) is 0 Å². The number of nitrogens with zero attached hydrogens (tertiary/aromatic N) is 1. The van der Waals surface area contributed by atoms with E-state index in [0.29, 0.717) is 25.1 Å². The van der Waals surface area contributed by atoms with E-state index in [0.717, 1.165) is 18.0 Å². The Balaban J connectivity index is 1.72. The SMILES string of the molecule is C#C[C@@H]1N(C(=O)OCC[Si](C)(C)C)c2ccccc2[C@@]23O[C@@]12CCCC3=O. The summed E-state index contributed by atoms with van der Waals surface area (Å²) < 4.78 is 11.8. The Bertz CT molecular complexity index is 854. The number of hydrogen-bond acceptors (Lipinski definition) is 4. The Morgan fingerprint density at radius 2 is 2.15 bits per heavy atom. The van der Waals surface area contributed by atoms with E-state index in [1.165, 1.54) is 4.90 Å². The molecule has 0 N–H and O–H groups in total. The van der Waals surface area contributed by atoms with Crippen molar-refractivity contribution in [1.29, 1.82) is 0 Å². The number of rotatable bonds is 3. The minimum atomic E-state index is -1.32. The fourth-order valence-corrected chi connectivity index (χ4v) is 5.24. The van der Waals surface area contributed by atoms with Crippen molar-refractivity contribution in [3.05, 3.63) is 29.8 Å². The van der Waals surface area contributed by atoms with Crippen molar-refractivity contribution in [3.8, 4) is 12.3 Å². The van der Waals surface area contributed by atoms with E-state index in [1.54, 1.807) is 0 Å². The molecular formula is C21H25NO4Si. The number of ether oxygens (including phenoxy) is 2. The second kappa shape index (κ2) is 5.95. The number of fused-ring (bicyclic) bond motifs is 1. The molecule has 0 bridgehead atoms. The molecule has 2 aliphatic heterocycles. The zero-order chi connectivity index (χ0) is 19.4. The Labute approximate surface area is 161 Å². The summed E-state index contributed by atoms with van der Waals surface area (Å²) in [5, 5.41) is 0. The van der Waals surface area contributed by atoms with Crippen LogP contribution in [-0.4, -0.2) is 38.2 Å². The molecule has 6 heteroatoms. The fraction of sp³-hybridized carbons (Fsp3) is 0.524. The van der Waals surface area contributed by atoms with Gasteiger partial charge in [-0.2, -0.15) is 0 Å². The van der Waals surface area contributed by atoms with Crippen molar-refractivity contribution in [3.63, 3.8) is 0 Å². The highest BCUT2D eigenvalue weighted by Gasteiger charge is 2.82. The monoisotopic (exact) mass is 383 g/mol. The molecule has 1 aromatic carbocycles. The fourth-order valence-electron chi connectivity index (χ4n) is 4.53. The zero-order valence-corrected chi connectivity index (χ0v) is 17.1. The summed E-state index contributed by atoms with van der Waals surface area (Å²) in [6.07, 6.45) is 7.27. The van der Waals surface area contributed by atoms with Gasteiger partial charge in [-0.3, -0.25) is 9.69 Å². The summed E-state index contributed by atoms with van der Waals surface area (Å²) in [7, 11) is -1.32. The van der Waals surface area contributed by atoms with Gasteiger partial charge in [0, 0.05) is 20.1 Å². The number of carbonyl (C=O) groups excluding carboxylic acids is 2. The number of benzene rings is 1. The second-order valence-electron chi connectivity index (χ2n) is 8.83. The molecule has 1 aromatic rings. The number of epoxide rings is 1. The summed E-state index contributed by atoms with van der Waals surface area (Å²) in [5.41, 5.74) is -0.442. The first-order valence-electron chi connectivity index (χ1n) is 9.52. The highest BCUT2D eigenvalue weighted by atomic mass is 28.3. The molecule has 1 saturated carbocycles. The molecule has 1 aliphatic carbocycles. The quantitative estimate of drug-likeness (QED) is 0.454. The predicted molar refractivity (Wildman–Crippen MR) is 105 cm³/mol. The molecule has 5 nitrogen and oxygen atoms in total. The maximum absolute atomic E-state index is 13.0. The van der Waals surface area contributed by atoms with Crippen LogP contribution in [0.3, 0.4) is 0 Å². The van der Waals surface area contributed by atoms with Gasteiger partial charge >= 0.3 is 6.09 Å². The molecule has 1 saturated heterocycles. The number of terminal acetylenes is 1. The van der Waals surface area contributed by atoms with Gasteiger partial charge in [0.05, 0.1) is 12.3 Å². The third kappa shape index (κ3) is 2.49. The Morgan fingerprint density at radius 3 is 2.85 bits per heavy atom. The lowest BCUT2D eigenvalue weighted by Gasteiger charge is -2.40. The molecular weight excluding hydrogens is 358 g/mol. The van der Waals surface area contributed by atoms with Crippen molar-refractivity contribution in [2.24, 2.45) is 0 Å². The van der Waals surface area contributed by atoms with Crippen LogP contribution in [0.2, 0.25) is 25.7 Å². The van der Waals surface area contributed by atoms with Crippen LogP contribution in [0.15, 0.2) is 24.3 Å². The van der Waals surface area contributed by atoms with Gasteiger partial charge in [-0.05, 0) is 25.0 Å². The van der Waals surface area contributed by atoms with E-state index in [-0.39, 0.29) is 5.78 Å². The van der Waals surface area contributed by atoms with Crippen LogP contribution in [0, 0.1) is 12.3 Å². The summed E-state index contributed by atoms with van der Waals surface area (Å²) in [6, 6.07) is 7.65.